The Bertz CT molecular complexity index is 258. The second-order valence-corrected chi connectivity index (χ2v) is 3.16. The monoisotopic (exact) mass is 179 g/mol. The molecule has 3 N–H and O–H groups in total. The van der Waals surface area contributed by atoms with Gasteiger partial charge in [0.25, 0.3) is 0 Å². The van der Waals surface area contributed by atoms with Crippen molar-refractivity contribution in [3.05, 3.63) is 24.3 Å². The Balaban J connectivity index is 2.68. The van der Waals surface area contributed by atoms with Gasteiger partial charge in [0.1, 0.15) is 0 Å². The predicted octanol–water partition coefficient (Wildman–Crippen LogP) is 1.12. The van der Waals surface area contributed by atoms with Gasteiger partial charge in [-0.1, -0.05) is 6.07 Å². The number of anilines is 2. The molecule has 1 rings (SSSR count). The molecule has 1 aromatic rings. The van der Waals surface area contributed by atoms with Crippen LogP contribution < -0.4 is 16.0 Å². The van der Waals surface area contributed by atoms with Gasteiger partial charge in [-0.15, -0.1) is 0 Å². The highest BCUT2D eigenvalue weighted by Gasteiger charge is 1.95. The van der Waals surface area contributed by atoms with Crippen molar-refractivity contribution in [2.45, 2.75) is 0 Å². The van der Waals surface area contributed by atoms with Crippen LogP contribution in [0, 0.1) is 0 Å². The quantitative estimate of drug-likeness (QED) is 0.728. The smallest absolute Gasteiger partial charge is 0.0381 e. The lowest BCUT2D eigenvalue weighted by molar-refractivity contribution is 1.02. The van der Waals surface area contributed by atoms with Crippen molar-refractivity contribution < 1.29 is 0 Å². The van der Waals surface area contributed by atoms with Crippen molar-refractivity contribution in [1.82, 2.24) is 0 Å². The molecule has 0 heterocycles. The van der Waals surface area contributed by atoms with Crippen molar-refractivity contribution in [2.75, 3.05) is 37.4 Å². The zero-order chi connectivity index (χ0) is 9.68. The molecule has 0 aromatic heterocycles. The van der Waals surface area contributed by atoms with Gasteiger partial charge in [-0.2, -0.15) is 0 Å². The summed E-state index contributed by atoms with van der Waals surface area (Å²) in [6.45, 7) is 1.48. The Labute approximate surface area is 79.5 Å². The number of nitrogens with zero attached hydrogens (tertiary/aromatic N) is 1. The van der Waals surface area contributed by atoms with E-state index in [9.17, 15) is 0 Å². The molecule has 0 unspecified atom stereocenters. The van der Waals surface area contributed by atoms with E-state index in [-0.39, 0.29) is 0 Å². The SMILES string of the molecule is CN(C)c1cccc(NCCN)c1. The van der Waals surface area contributed by atoms with Gasteiger partial charge in [0, 0.05) is 38.6 Å². The molecule has 72 valence electrons. The minimum Gasteiger partial charge on any atom is -0.384 e. The van der Waals surface area contributed by atoms with Crippen molar-refractivity contribution in [3.63, 3.8) is 0 Å². The first kappa shape index (κ1) is 9.86. The molecule has 0 amide bonds. The van der Waals surface area contributed by atoms with Gasteiger partial charge >= 0.3 is 0 Å². The first-order valence-electron chi connectivity index (χ1n) is 4.45. The molecule has 3 heteroatoms. The van der Waals surface area contributed by atoms with Gasteiger partial charge in [0.2, 0.25) is 0 Å². The summed E-state index contributed by atoms with van der Waals surface area (Å²) >= 11 is 0. The van der Waals surface area contributed by atoms with E-state index in [4.69, 9.17) is 5.73 Å². The molecule has 0 radical (unpaired) electrons. The number of hydrogen-bond acceptors (Lipinski definition) is 3. The predicted molar refractivity (Wildman–Crippen MR) is 58.3 cm³/mol. The fourth-order valence-corrected chi connectivity index (χ4v) is 1.11. The molecule has 13 heavy (non-hydrogen) atoms. The highest BCUT2D eigenvalue weighted by atomic mass is 15.1. The van der Waals surface area contributed by atoms with Crippen LogP contribution in [0.3, 0.4) is 0 Å². The summed E-state index contributed by atoms with van der Waals surface area (Å²) in [5, 5.41) is 3.24. The largest absolute Gasteiger partial charge is 0.384 e. The molecule has 3 nitrogen and oxygen atoms in total. The molecule has 0 aliphatic heterocycles. The number of rotatable bonds is 4. The Hall–Kier alpha value is -1.22. The van der Waals surface area contributed by atoms with Crippen LogP contribution in [0.2, 0.25) is 0 Å². The third-order valence-corrected chi connectivity index (χ3v) is 1.84. The van der Waals surface area contributed by atoms with E-state index in [1.165, 1.54) is 5.69 Å². The molecule has 1 aromatic carbocycles. The molecule has 0 saturated heterocycles. The van der Waals surface area contributed by atoms with Crippen LogP contribution in [0.15, 0.2) is 24.3 Å². The van der Waals surface area contributed by atoms with Crippen LogP contribution in [0.4, 0.5) is 11.4 Å². The lowest BCUT2D eigenvalue weighted by Crippen LogP contribution is -2.14. The molecule has 0 bridgehead atoms. The van der Waals surface area contributed by atoms with Gasteiger partial charge in [-0.3, -0.25) is 0 Å². The van der Waals surface area contributed by atoms with Gasteiger partial charge in [0.05, 0.1) is 0 Å². The van der Waals surface area contributed by atoms with Crippen molar-refractivity contribution in [1.29, 1.82) is 0 Å². The lowest BCUT2D eigenvalue weighted by Gasteiger charge is -2.14. The van der Waals surface area contributed by atoms with E-state index in [1.807, 2.05) is 26.2 Å². The summed E-state index contributed by atoms with van der Waals surface area (Å²) in [5.41, 5.74) is 7.72. The van der Waals surface area contributed by atoms with Gasteiger partial charge in [-0.05, 0) is 18.2 Å². The first-order chi connectivity index (χ1) is 6.24. The summed E-state index contributed by atoms with van der Waals surface area (Å²) in [7, 11) is 4.06. The van der Waals surface area contributed by atoms with Crippen LogP contribution >= 0.6 is 0 Å². The third-order valence-electron chi connectivity index (χ3n) is 1.84. The highest BCUT2D eigenvalue weighted by Crippen LogP contribution is 2.16. The zero-order valence-electron chi connectivity index (χ0n) is 8.25. The Morgan fingerprint density at radius 1 is 1.38 bits per heavy atom. The van der Waals surface area contributed by atoms with Gasteiger partial charge in [-0.25, -0.2) is 0 Å². The topological polar surface area (TPSA) is 41.3 Å². The average molecular weight is 179 g/mol. The summed E-state index contributed by atoms with van der Waals surface area (Å²) in [6.07, 6.45) is 0. The molecule has 0 aliphatic rings. The number of hydrogen-bond donors (Lipinski definition) is 2. The summed E-state index contributed by atoms with van der Waals surface area (Å²) in [4.78, 5) is 2.08. The Morgan fingerprint density at radius 3 is 2.77 bits per heavy atom. The van der Waals surface area contributed by atoms with Crippen LogP contribution in [0.5, 0.6) is 0 Å². The van der Waals surface area contributed by atoms with Crippen molar-refractivity contribution in [3.8, 4) is 0 Å². The maximum Gasteiger partial charge on any atom is 0.0381 e. The molecule has 0 saturated carbocycles. The van der Waals surface area contributed by atoms with Crippen LogP contribution in [-0.2, 0) is 0 Å². The normalized spacial score (nSPS) is 9.77. The standard InChI is InChI=1S/C10H17N3/c1-13(2)10-5-3-4-9(8-10)12-7-6-11/h3-5,8,12H,6-7,11H2,1-2H3. The van der Waals surface area contributed by atoms with E-state index < -0.39 is 0 Å². The number of nitrogens with one attached hydrogen (secondary N) is 1. The van der Waals surface area contributed by atoms with Gasteiger partial charge < -0.3 is 16.0 Å². The fraction of sp³-hybridized carbons (Fsp3) is 0.400. The summed E-state index contributed by atoms with van der Waals surface area (Å²) in [6, 6.07) is 8.26. The second-order valence-electron chi connectivity index (χ2n) is 3.16. The molecule has 0 atom stereocenters. The molecule has 0 fully saturated rings. The molecule has 0 spiro atoms. The molecular weight excluding hydrogens is 162 g/mol. The van der Waals surface area contributed by atoms with Crippen molar-refractivity contribution in [2.24, 2.45) is 5.73 Å². The summed E-state index contributed by atoms with van der Waals surface area (Å²) in [5.74, 6) is 0. The highest BCUT2D eigenvalue weighted by molar-refractivity contribution is 5.57. The summed E-state index contributed by atoms with van der Waals surface area (Å²) < 4.78 is 0. The number of benzene rings is 1. The van der Waals surface area contributed by atoms with Gasteiger partial charge in [0.15, 0.2) is 0 Å². The van der Waals surface area contributed by atoms with E-state index >= 15 is 0 Å². The molecular formula is C10H17N3. The zero-order valence-corrected chi connectivity index (χ0v) is 8.25. The van der Waals surface area contributed by atoms with Crippen LogP contribution in [-0.4, -0.2) is 27.2 Å². The Kier molecular flexibility index (Phi) is 3.58. The third kappa shape index (κ3) is 2.95. The van der Waals surface area contributed by atoms with Crippen molar-refractivity contribution >= 4 is 11.4 Å². The minimum atomic E-state index is 0.659. The van der Waals surface area contributed by atoms with E-state index in [0.29, 0.717) is 6.54 Å². The van der Waals surface area contributed by atoms with Crippen LogP contribution in [0.1, 0.15) is 0 Å². The van der Waals surface area contributed by atoms with E-state index in [0.717, 1.165) is 12.2 Å². The average Bonchev–Trinajstić information content (AvgIpc) is 2.15. The Morgan fingerprint density at radius 2 is 2.15 bits per heavy atom. The minimum absolute atomic E-state index is 0.659. The number of nitrogens with two attached hydrogens (primary N) is 1. The van der Waals surface area contributed by atoms with Crippen LogP contribution in [0.25, 0.3) is 0 Å². The fourth-order valence-electron chi connectivity index (χ4n) is 1.11. The lowest BCUT2D eigenvalue weighted by atomic mass is 10.2. The first-order valence-corrected chi connectivity index (χ1v) is 4.45. The van der Waals surface area contributed by atoms with E-state index in [1.54, 1.807) is 0 Å². The second kappa shape index (κ2) is 4.72. The maximum absolute atomic E-state index is 5.40. The maximum atomic E-state index is 5.40. The van der Waals surface area contributed by atoms with E-state index in [2.05, 4.69) is 22.3 Å². The molecule has 0 aliphatic carbocycles.